The third-order valence-electron chi connectivity index (χ3n) is 10.9. The SMILES string of the molecule is N=C(N)c1ccc(C(=O)NCCCCCNC(=O)c2ccc(C(=N)N)cc2)cc1.NCCCCCN.O=C(O)C(F)(F)F.O=C(O)C(F)(F)F.[C-]#[N+]c1ccc(C(=O)Cl)cc1.[C-]#[N+]c1ccc(C(=O)NCCCCCNC(=O)c2ccc(C#N)cc2)cc1. The molecule has 5 rings (SSSR count). The molecule has 22 nitrogen and oxygen atoms in total. The molecule has 5 aromatic rings. The maximum absolute atomic E-state index is 12.1. The molecule has 0 saturated heterocycles. The van der Waals surface area contributed by atoms with Gasteiger partial charge in [-0.2, -0.15) is 31.6 Å². The lowest BCUT2D eigenvalue weighted by atomic mass is 10.1. The van der Waals surface area contributed by atoms with Gasteiger partial charge >= 0.3 is 24.3 Å². The first-order valence-corrected chi connectivity index (χ1v) is 26.6. The van der Waals surface area contributed by atoms with Crippen molar-refractivity contribution >= 4 is 75.5 Å². The summed E-state index contributed by atoms with van der Waals surface area (Å²) in [6, 6.07) is 34.4. The first-order chi connectivity index (χ1) is 41.6. The highest BCUT2D eigenvalue weighted by atomic mass is 35.5. The number of hydrogen-bond acceptors (Lipinski definition) is 12. The van der Waals surface area contributed by atoms with Gasteiger partial charge in [-0.05, 0) is 125 Å². The molecular formula is C59H66ClF6N13O9. The molecule has 0 heterocycles. The van der Waals surface area contributed by atoms with Crippen molar-refractivity contribution in [3.8, 4) is 6.07 Å². The molecule has 470 valence electrons. The number of carboxylic acids is 2. The van der Waals surface area contributed by atoms with E-state index >= 15 is 0 Å². The van der Waals surface area contributed by atoms with Gasteiger partial charge in [0.15, 0.2) is 11.4 Å². The van der Waals surface area contributed by atoms with Crippen molar-refractivity contribution in [2.75, 3.05) is 39.3 Å². The Hall–Kier alpha value is -10.2. The Morgan fingerprint density at radius 1 is 0.455 bits per heavy atom. The second kappa shape index (κ2) is 43.4. The predicted molar refractivity (Wildman–Crippen MR) is 318 cm³/mol. The number of benzene rings is 5. The topological polar surface area (TPSA) is 392 Å². The van der Waals surface area contributed by atoms with Crippen LogP contribution in [0, 0.1) is 35.3 Å². The van der Waals surface area contributed by atoms with Crippen LogP contribution >= 0.6 is 11.6 Å². The van der Waals surface area contributed by atoms with Crippen molar-refractivity contribution in [1.29, 1.82) is 16.1 Å². The van der Waals surface area contributed by atoms with E-state index in [2.05, 4.69) is 31.0 Å². The molecule has 0 saturated carbocycles. The molecule has 5 aromatic carbocycles. The molecule has 0 unspecified atom stereocenters. The van der Waals surface area contributed by atoms with E-state index in [9.17, 15) is 50.3 Å². The summed E-state index contributed by atoms with van der Waals surface area (Å²) < 4.78 is 63.5. The standard InChI is InChI=1S/C21H26N6O2.C21H20N4O2.C8H4ClNO.C5H14N2.2C2HF3O2/c22-18(23)14-4-8-16(9-5-14)20(28)26-12-2-1-3-13-27-21(29)17-10-6-15(7-11-17)19(24)25;1-23-19-11-9-18(10-12-19)21(27)25-14-4-2-3-13-24-20(26)17-7-5-16(15-22)6-8-17;1-10-7-4-2-6(3-5-7)8(9)11;6-4-2-1-3-5-7;2*3-2(4,5)1(6)7/h4-11H,1-3,12-13H2,(H3,22,23)(H3,24,25)(H,26,28)(H,27,29);5-12H,2-4,13-14H2,(H,24,26)(H,25,27);2-5H;1-7H2;2*(H,6,7). The number of rotatable bonds is 23. The van der Waals surface area contributed by atoms with Gasteiger partial charge in [0, 0.05) is 65.1 Å². The first-order valence-electron chi connectivity index (χ1n) is 26.2. The fraction of sp³-hybridized carbons (Fsp3) is 0.288. The van der Waals surface area contributed by atoms with E-state index in [1.54, 1.807) is 109 Å². The number of carbonyl (C=O) groups is 7. The fourth-order valence-corrected chi connectivity index (χ4v) is 6.31. The predicted octanol–water partition coefficient (Wildman–Crippen LogP) is 8.98. The van der Waals surface area contributed by atoms with E-state index in [0.29, 0.717) is 82.1 Å². The van der Waals surface area contributed by atoms with Crippen LogP contribution in [0.1, 0.15) is 126 Å². The molecule has 88 heavy (non-hydrogen) atoms. The van der Waals surface area contributed by atoms with Crippen molar-refractivity contribution in [3.05, 3.63) is 189 Å². The van der Waals surface area contributed by atoms with Gasteiger partial charge in [0.25, 0.3) is 28.9 Å². The average molecular weight is 1250 g/mol. The zero-order chi connectivity index (χ0) is 66.7. The lowest BCUT2D eigenvalue weighted by molar-refractivity contribution is -0.193. The average Bonchev–Trinajstić information content (AvgIpc) is 3.53. The van der Waals surface area contributed by atoms with Gasteiger partial charge in [0.2, 0.25) is 0 Å². The van der Waals surface area contributed by atoms with Crippen LogP contribution in [0.5, 0.6) is 0 Å². The lowest BCUT2D eigenvalue weighted by Gasteiger charge is -2.07. The zero-order valence-corrected chi connectivity index (χ0v) is 48.0. The van der Waals surface area contributed by atoms with E-state index < -0.39 is 29.5 Å². The van der Waals surface area contributed by atoms with Crippen molar-refractivity contribution in [1.82, 2.24) is 21.3 Å². The second-order valence-electron chi connectivity index (χ2n) is 17.7. The molecule has 16 N–H and O–H groups in total. The smallest absolute Gasteiger partial charge is 0.475 e. The number of unbranched alkanes of at least 4 members (excludes halogenated alkanes) is 6. The summed E-state index contributed by atoms with van der Waals surface area (Å²) in [5.74, 6) is -6.21. The summed E-state index contributed by atoms with van der Waals surface area (Å²) in [6.45, 7) is 17.4. The highest BCUT2D eigenvalue weighted by Crippen LogP contribution is 2.16. The molecule has 4 amide bonds. The number of hydrogen-bond donors (Lipinski definition) is 12. The van der Waals surface area contributed by atoms with Gasteiger partial charge in [-0.3, -0.25) is 34.8 Å². The highest BCUT2D eigenvalue weighted by Gasteiger charge is 2.39. The Morgan fingerprint density at radius 3 is 0.898 bits per heavy atom. The minimum Gasteiger partial charge on any atom is -0.475 e. The molecule has 0 radical (unpaired) electrons. The zero-order valence-electron chi connectivity index (χ0n) is 47.2. The number of carbonyl (C=O) groups excluding carboxylic acids is 5. The summed E-state index contributed by atoms with van der Waals surface area (Å²) in [4.78, 5) is 82.8. The minimum absolute atomic E-state index is 0.0304. The van der Waals surface area contributed by atoms with Gasteiger partial charge < -0.3 is 54.4 Å². The second-order valence-corrected chi connectivity index (χ2v) is 18.0. The summed E-state index contributed by atoms with van der Waals surface area (Å²) in [7, 11) is 0. The number of nitrogen functional groups attached to an aromatic ring is 2. The van der Waals surface area contributed by atoms with Gasteiger partial charge in [-0.25, -0.2) is 19.3 Å². The number of alkyl halides is 6. The number of nitrogens with one attached hydrogen (secondary N) is 6. The summed E-state index contributed by atoms with van der Waals surface area (Å²) in [5.41, 5.74) is 26.5. The van der Waals surface area contributed by atoms with Crippen LogP contribution in [0.2, 0.25) is 0 Å². The highest BCUT2D eigenvalue weighted by molar-refractivity contribution is 6.67. The van der Waals surface area contributed by atoms with Crippen molar-refractivity contribution < 1.29 is 70.1 Å². The normalized spacial score (nSPS) is 9.98. The van der Waals surface area contributed by atoms with E-state index in [1.165, 1.54) is 18.6 Å². The number of carboxylic acid groups (broad SMARTS) is 2. The van der Waals surface area contributed by atoms with E-state index in [0.717, 1.165) is 64.5 Å². The Kier molecular flexibility index (Phi) is 38.4. The van der Waals surface area contributed by atoms with Crippen LogP contribution in [0.25, 0.3) is 9.69 Å². The largest absolute Gasteiger partial charge is 0.490 e. The summed E-state index contributed by atoms with van der Waals surface area (Å²) in [6.07, 6.45) is -1.74. The Labute approximate surface area is 508 Å². The quantitative estimate of drug-likeness (QED) is 0.00725. The number of amidine groups is 2. The van der Waals surface area contributed by atoms with Crippen LogP contribution in [0.15, 0.2) is 121 Å². The Bertz CT molecular complexity index is 2980. The molecule has 0 spiro atoms. The van der Waals surface area contributed by atoms with Gasteiger partial charge in [-0.1, -0.05) is 79.2 Å². The number of nitrogens with two attached hydrogens (primary N) is 4. The van der Waals surface area contributed by atoms with Gasteiger partial charge in [-0.15, -0.1) is 0 Å². The van der Waals surface area contributed by atoms with Crippen LogP contribution in [0.4, 0.5) is 37.7 Å². The molecule has 0 aromatic heterocycles. The molecule has 0 aliphatic heterocycles. The molecule has 0 aliphatic rings. The molecule has 0 aliphatic carbocycles. The monoisotopic (exact) mass is 1250 g/mol. The summed E-state index contributed by atoms with van der Waals surface area (Å²) >= 11 is 5.18. The molecular weight excluding hydrogens is 1180 g/mol. The van der Waals surface area contributed by atoms with Crippen molar-refractivity contribution in [2.24, 2.45) is 22.9 Å². The summed E-state index contributed by atoms with van der Waals surface area (Å²) in [5, 5.41) is 48.6. The van der Waals surface area contributed by atoms with Gasteiger partial charge in [0.1, 0.15) is 11.7 Å². The third-order valence-corrected chi connectivity index (χ3v) is 11.1. The van der Waals surface area contributed by atoms with Crippen LogP contribution in [-0.2, 0) is 9.59 Å². The van der Waals surface area contributed by atoms with Crippen LogP contribution in [0.3, 0.4) is 0 Å². The maximum atomic E-state index is 12.1. The van der Waals surface area contributed by atoms with Crippen LogP contribution in [-0.4, -0.2) is 114 Å². The minimum atomic E-state index is -5.08. The van der Waals surface area contributed by atoms with Crippen molar-refractivity contribution in [2.45, 2.75) is 70.1 Å². The molecule has 0 bridgehead atoms. The van der Waals surface area contributed by atoms with Crippen molar-refractivity contribution in [3.63, 3.8) is 0 Å². The molecule has 0 fully saturated rings. The molecule has 0 atom stereocenters. The number of amides is 4. The van der Waals surface area contributed by atoms with E-state index in [4.69, 9.17) is 83.6 Å². The first kappa shape index (κ1) is 77.8. The number of aliphatic carboxylic acids is 2. The number of halogens is 7. The Balaban J connectivity index is 0.00000116. The third kappa shape index (κ3) is 35.2. The maximum Gasteiger partial charge on any atom is 0.490 e. The fourth-order valence-electron chi connectivity index (χ4n) is 6.19. The lowest BCUT2D eigenvalue weighted by Crippen LogP contribution is -2.26. The number of nitriles is 1. The Morgan fingerprint density at radius 2 is 0.682 bits per heavy atom. The van der Waals surface area contributed by atoms with Crippen LogP contribution < -0.4 is 44.2 Å². The molecule has 29 heteroatoms. The van der Waals surface area contributed by atoms with E-state index in [1.807, 2.05) is 6.07 Å². The van der Waals surface area contributed by atoms with E-state index in [-0.39, 0.29) is 35.3 Å². The van der Waals surface area contributed by atoms with Gasteiger partial charge in [0.05, 0.1) is 24.8 Å². The number of nitrogens with zero attached hydrogens (tertiary/aromatic N) is 3.